The maximum atomic E-state index is 12.7. The quantitative estimate of drug-likeness (QED) is 0.456. The van der Waals surface area contributed by atoms with Gasteiger partial charge in [-0.1, -0.05) is 6.92 Å². The molecule has 10 heteroatoms. The summed E-state index contributed by atoms with van der Waals surface area (Å²) in [6.07, 6.45) is 2.73. The van der Waals surface area contributed by atoms with E-state index in [9.17, 15) is 8.42 Å². The largest absolute Gasteiger partial charge is 0.493 e. The van der Waals surface area contributed by atoms with Crippen LogP contribution in [0.3, 0.4) is 0 Å². The van der Waals surface area contributed by atoms with Gasteiger partial charge in [0.2, 0.25) is 5.75 Å². The first-order chi connectivity index (χ1) is 16.8. The molecule has 9 nitrogen and oxygen atoms in total. The van der Waals surface area contributed by atoms with Crippen molar-refractivity contribution in [3.8, 4) is 28.7 Å². The Labute approximate surface area is 207 Å². The molecule has 1 heterocycles. The Hall–Kier alpha value is -2.69. The zero-order chi connectivity index (χ0) is 25.6. The summed E-state index contributed by atoms with van der Waals surface area (Å²) in [5.41, 5.74) is 7.21. The van der Waals surface area contributed by atoms with Gasteiger partial charge in [-0.25, -0.2) is 8.42 Å². The molecule has 2 aromatic rings. The minimum atomic E-state index is -3.59. The van der Waals surface area contributed by atoms with Crippen LogP contribution in [0, 0.1) is 0 Å². The maximum Gasteiger partial charge on any atom is 0.203 e. The van der Waals surface area contributed by atoms with Crippen molar-refractivity contribution < 1.29 is 36.8 Å². The van der Waals surface area contributed by atoms with Gasteiger partial charge in [-0.2, -0.15) is 0 Å². The van der Waals surface area contributed by atoms with Crippen LogP contribution in [0.25, 0.3) is 0 Å². The molecule has 3 rings (SSSR count). The summed E-state index contributed by atoms with van der Waals surface area (Å²) in [7, 11) is 1.09. The highest BCUT2D eigenvalue weighted by molar-refractivity contribution is 7.90. The van der Waals surface area contributed by atoms with Gasteiger partial charge in [0, 0.05) is 12.8 Å². The van der Waals surface area contributed by atoms with Gasteiger partial charge in [-0.05, 0) is 54.7 Å². The fraction of sp³-hybridized carbons (Fsp3) is 0.520. The number of benzene rings is 2. The average Bonchev–Trinajstić information content (AvgIpc) is 3.34. The lowest BCUT2D eigenvalue weighted by Gasteiger charge is -2.21. The Morgan fingerprint density at radius 2 is 1.43 bits per heavy atom. The van der Waals surface area contributed by atoms with Crippen molar-refractivity contribution in [1.29, 1.82) is 0 Å². The molecule has 1 aliphatic rings. The molecular weight excluding hydrogens is 474 g/mol. The highest BCUT2D eigenvalue weighted by Crippen LogP contribution is 2.47. The van der Waals surface area contributed by atoms with Crippen molar-refractivity contribution in [2.24, 2.45) is 5.73 Å². The van der Waals surface area contributed by atoms with E-state index in [1.165, 1.54) is 0 Å². The Morgan fingerprint density at radius 1 is 0.857 bits per heavy atom. The van der Waals surface area contributed by atoms with E-state index in [0.29, 0.717) is 41.6 Å². The van der Waals surface area contributed by atoms with E-state index in [0.717, 1.165) is 24.7 Å². The first kappa shape index (κ1) is 26.9. The molecule has 0 bridgehead atoms. The van der Waals surface area contributed by atoms with Crippen LogP contribution in [0.15, 0.2) is 29.2 Å². The summed E-state index contributed by atoms with van der Waals surface area (Å²) in [4.78, 5) is 0.0790. The summed E-state index contributed by atoms with van der Waals surface area (Å²) in [5.74, 6) is 2.16. The highest BCUT2D eigenvalue weighted by Gasteiger charge is 2.32. The van der Waals surface area contributed by atoms with Gasteiger partial charge < -0.3 is 34.2 Å². The molecule has 2 aromatic carbocycles. The van der Waals surface area contributed by atoms with E-state index >= 15 is 0 Å². The van der Waals surface area contributed by atoms with E-state index in [1.807, 2.05) is 19.1 Å². The van der Waals surface area contributed by atoms with Gasteiger partial charge in [0.1, 0.15) is 11.5 Å². The zero-order valence-electron chi connectivity index (χ0n) is 21.0. The minimum Gasteiger partial charge on any atom is -0.493 e. The van der Waals surface area contributed by atoms with Crippen molar-refractivity contribution in [3.63, 3.8) is 0 Å². The third-order valence-electron chi connectivity index (χ3n) is 5.72. The molecule has 0 saturated carbocycles. The first-order valence-electron chi connectivity index (χ1n) is 11.6. The standard InChI is InChI=1S/C25H35NO8S/c1-6-10-33-25-22(32-11-9-26)14-17(15-23(25)35(5,27)28)19-8-7-18(34-19)16-12-20(29-2)24(31-4)21(13-16)30-3/h12-15,18-19H,6-11,26H2,1-5H3/t18-,19-/m1/s1. The van der Waals surface area contributed by atoms with E-state index < -0.39 is 9.84 Å². The van der Waals surface area contributed by atoms with Crippen LogP contribution in [0.1, 0.15) is 49.5 Å². The van der Waals surface area contributed by atoms with Gasteiger partial charge in [0.15, 0.2) is 32.8 Å². The first-order valence-corrected chi connectivity index (χ1v) is 13.4. The fourth-order valence-electron chi connectivity index (χ4n) is 4.10. The third kappa shape index (κ3) is 6.12. The van der Waals surface area contributed by atoms with Crippen molar-refractivity contribution in [1.82, 2.24) is 0 Å². The number of rotatable bonds is 12. The molecule has 0 radical (unpaired) electrons. The lowest BCUT2D eigenvalue weighted by Crippen LogP contribution is -2.14. The molecular formula is C25H35NO8S. The Bertz CT molecular complexity index is 1090. The van der Waals surface area contributed by atoms with Crippen LogP contribution in [0.4, 0.5) is 0 Å². The lowest BCUT2D eigenvalue weighted by atomic mass is 10.0. The molecule has 2 N–H and O–H groups in total. The van der Waals surface area contributed by atoms with E-state index in [4.69, 9.17) is 34.2 Å². The number of sulfone groups is 1. The van der Waals surface area contributed by atoms with E-state index in [2.05, 4.69) is 0 Å². The van der Waals surface area contributed by atoms with Gasteiger partial charge in [0.05, 0.1) is 40.1 Å². The fourth-order valence-corrected chi connectivity index (χ4v) is 4.94. The molecule has 1 saturated heterocycles. The van der Waals surface area contributed by atoms with Crippen LogP contribution in [-0.4, -0.2) is 55.8 Å². The Balaban J connectivity index is 1.98. The van der Waals surface area contributed by atoms with Crippen molar-refractivity contribution in [2.45, 2.75) is 43.3 Å². The summed E-state index contributed by atoms with van der Waals surface area (Å²) < 4.78 is 59.7. The van der Waals surface area contributed by atoms with E-state index in [1.54, 1.807) is 33.5 Å². The molecule has 1 fully saturated rings. The van der Waals surface area contributed by atoms with Crippen molar-refractivity contribution in [3.05, 3.63) is 35.4 Å². The minimum absolute atomic E-state index is 0.0790. The molecule has 0 amide bonds. The summed E-state index contributed by atoms with van der Waals surface area (Å²) in [5, 5.41) is 0. The zero-order valence-corrected chi connectivity index (χ0v) is 21.8. The molecule has 0 spiro atoms. The van der Waals surface area contributed by atoms with Crippen molar-refractivity contribution in [2.75, 3.05) is 47.3 Å². The van der Waals surface area contributed by atoms with Crippen LogP contribution in [0.5, 0.6) is 28.7 Å². The number of ether oxygens (including phenoxy) is 6. The van der Waals surface area contributed by atoms with Gasteiger partial charge >= 0.3 is 0 Å². The van der Waals surface area contributed by atoms with Gasteiger partial charge in [0.25, 0.3) is 0 Å². The number of methoxy groups -OCH3 is 3. The van der Waals surface area contributed by atoms with Crippen LogP contribution >= 0.6 is 0 Å². The van der Waals surface area contributed by atoms with Crippen LogP contribution in [-0.2, 0) is 14.6 Å². The van der Waals surface area contributed by atoms with Crippen LogP contribution in [0.2, 0.25) is 0 Å². The Kier molecular flexibility index (Phi) is 9.09. The highest BCUT2D eigenvalue weighted by atomic mass is 32.2. The van der Waals surface area contributed by atoms with Gasteiger partial charge in [-0.15, -0.1) is 0 Å². The number of hydrogen-bond acceptors (Lipinski definition) is 9. The maximum absolute atomic E-state index is 12.7. The molecule has 194 valence electrons. The normalized spacial score (nSPS) is 17.8. The summed E-state index contributed by atoms with van der Waals surface area (Å²) in [6, 6.07) is 7.15. The second kappa shape index (κ2) is 11.8. The molecule has 0 aliphatic carbocycles. The Morgan fingerprint density at radius 3 is 1.91 bits per heavy atom. The molecule has 1 aliphatic heterocycles. The predicted molar refractivity (Wildman–Crippen MR) is 132 cm³/mol. The summed E-state index contributed by atoms with van der Waals surface area (Å²) in [6.45, 7) is 2.83. The van der Waals surface area contributed by atoms with Gasteiger partial charge in [-0.3, -0.25) is 0 Å². The molecule has 0 unspecified atom stereocenters. The molecule has 0 aromatic heterocycles. The molecule has 35 heavy (non-hydrogen) atoms. The monoisotopic (exact) mass is 509 g/mol. The smallest absolute Gasteiger partial charge is 0.203 e. The van der Waals surface area contributed by atoms with Crippen LogP contribution < -0.4 is 29.4 Å². The SMILES string of the molecule is CCCOc1c(OCCN)cc([C@H]2CC[C@H](c3cc(OC)c(OC)c(OC)c3)O2)cc1S(C)(=O)=O. The lowest BCUT2D eigenvalue weighted by molar-refractivity contribution is 0.0435. The number of nitrogens with two attached hydrogens (primary N) is 1. The van der Waals surface area contributed by atoms with Crippen molar-refractivity contribution >= 4 is 9.84 Å². The predicted octanol–water partition coefficient (Wildman–Crippen LogP) is 3.84. The number of hydrogen-bond donors (Lipinski definition) is 1. The second-order valence-corrected chi connectivity index (χ2v) is 10.2. The topological polar surface area (TPSA) is 116 Å². The molecule has 2 atom stereocenters. The second-order valence-electron chi connectivity index (χ2n) is 8.25. The summed E-state index contributed by atoms with van der Waals surface area (Å²) >= 11 is 0. The third-order valence-corrected chi connectivity index (χ3v) is 6.82. The average molecular weight is 510 g/mol. The van der Waals surface area contributed by atoms with E-state index in [-0.39, 0.29) is 36.0 Å².